The minimum absolute atomic E-state index is 0.158. The fraction of sp³-hybridized carbons (Fsp3) is 0.414. The van der Waals surface area contributed by atoms with Gasteiger partial charge in [0.15, 0.2) is 6.10 Å². The van der Waals surface area contributed by atoms with Crippen LogP contribution in [0.5, 0.6) is 0 Å². The molecule has 1 aromatic carbocycles. The van der Waals surface area contributed by atoms with E-state index in [-0.39, 0.29) is 17.4 Å². The van der Waals surface area contributed by atoms with E-state index in [9.17, 15) is 4.79 Å². The predicted molar refractivity (Wildman–Crippen MR) is 154 cm³/mol. The number of nitrogens with two attached hydrogens (primary N) is 1. The number of benzene rings is 1. The van der Waals surface area contributed by atoms with Gasteiger partial charge in [-0.1, -0.05) is 57.0 Å². The molecule has 1 aliphatic heterocycles. The molecule has 206 valence electrons. The van der Waals surface area contributed by atoms with Gasteiger partial charge in [-0.25, -0.2) is 15.0 Å². The number of carbonyl (C=O) groups excluding carboxylic acids is 1. The summed E-state index contributed by atoms with van der Waals surface area (Å²) < 4.78 is 5.71. The topological polar surface area (TPSA) is 142 Å². The van der Waals surface area contributed by atoms with Crippen LogP contribution >= 0.6 is 0 Å². The molecular formula is C29H38N8O2. The zero-order valence-electron chi connectivity index (χ0n) is 22.7. The Morgan fingerprint density at radius 2 is 1.87 bits per heavy atom. The van der Waals surface area contributed by atoms with Gasteiger partial charge in [0.05, 0.1) is 24.4 Å². The number of pyridine rings is 1. The van der Waals surface area contributed by atoms with E-state index < -0.39 is 6.10 Å². The van der Waals surface area contributed by atoms with Crippen LogP contribution in [0, 0.1) is 5.41 Å². The Balaban J connectivity index is 0.00000172. The summed E-state index contributed by atoms with van der Waals surface area (Å²) in [5, 5.41) is 15.2. The Morgan fingerprint density at radius 1 is 1.10 bits per heavy atom. The van der Waals surface area contributed by atoms with Crippen LogP contribution in [-0.2, 0) is 16.1 Å². The Hall–Kier alpha value is -4.05. The van der Waals surface area contributed by atoms with Crippen LogP contribution in [-0.4, -0.2) is 58.4 Å². The number of nitrogen functional groups attached to an aromatic ring is 1. The highest BCUT2D eigenvalue weighted by molar-refractivity contribution is 6.16. The van der Waals surface area contributed by atoms with Gasteiger partial charge in [0.25, 0.3) is 5.91 Å². The molecule has 2 aromatic heterocycles. The quantitative estimate of drug-likeness (QED) is 0.323. The molecule has 1 amide bonds. The van der Waals surface area contributed by atoms with Crippen molar-refractivity contribution in [3.63, 3.8) is 0 Å². The van der Waals surface area contributed by atoms with E-state index in [1.54, 1.807) is 6.20 Å². The Labute approximate surface area is 229 Å². The van der Waals surface area contributed by atoms with Crippen molar-refractivity contribution in [2.45, 2.75) is 58.2 Å². The third kappa shape index (κ3) is 7.08. The van der Waals surface area contributed by atoms with Crippen molar-refractivity contribution in [1.82, 2.24) is 20.3 Å². The highest BCUT2D eigenvalue weighted by Crippen LogP contribution is 2.26. The third-order valence-corrected chi connectivity index (χ3v) is 6.86. The van der Waals surface area contributed by atoms with Crippen LogP contribution in [0.4, 0.5) is 17.5 Å². The van der Waals surface area contributed by atoms with E-state index in [1.807, 2.05) is 56.3 Å². The molecule has 2 aliphatic rings. The number of amides is 1. The first-order valence-corrected chi connectivity index (χ1v) is 13.7. The maximum absolute atomic E-state index is 12.8. The number of aromatic nitrogens is 3. The lowest BCUT2D eigenvalue weighted by atomic mass is 10.0. The summed E-state index contributed by atoms with van der Waals surface area (Å²) in [6.45, 7) is 5.98. The number of hydrogen-bond donors (Lipinski definition) is 4. The van der Waals surface area contributed by atoms with Crippen LogP contribution in [0.3, 0.4) is 0 Å². The van der Waals surface area contributed by atoms with Gasteiger partial charge >= 0.3 is 0 Å². The van der Waals surface area contributed by atoms with Gasteiger partial charge < -0.3 is 26.0 Å². The SMILES string of the molecule is CC.N=C(c1ccc(CNC(=O)C2CN(c3ccccn3)CCO2)cc1)c1c(N)ncnc1NC1CCCC1. The predicted octanol–water partition coefficient (Wildman–Crippen LogP) is 3.77. The molecule has 2 fully saturated rings. The van der Waals surface area contributed by atoms with E-state index in [1.165, 1.54) is 19.2 Å². The average molecular weight is 531 g/mol. The monoisotopic (exact) mass is 530 g/mol. The molecule has 10 heteroatoms. The number of morpholine rings is 1. The summed E-state index contributed by atoms with van der Waals surface area (Å²) in [6, 6.07) is 13.6. The summed E-state index contributed by atoms with van der Waals surface area (Å²) in [5.74, 6) is 1.57. The first kappa shape index (κ1) is 28.0. The van der Waals surface area contributed by atoms with Crippen LogP contribution < -0.4 is 21.3 Å². The van der Waals surface area contributed by atoms with Crippen molar-refractivity contribution in [3.8, 4) is 0 Å². The molecule has 0 radical (unpaired) electrons. The summed E-state index contributed by atoms with van der Waals surface area (Å²) >= 11 is 0. The van der Waals surface area contributed by atoms with Gasteiger partial charge in [-0.05, 0) is 30.5 Å². The van der Waals surface area contributed by atoms with E-state index in [4.69, 9.17) is 15.9 Å². The average Bonchev–Trinajstić information content (AvgIpc) is 3.51. The lowest BCUT2D eigenvalue weighted by molar-refractivity contribution is -0.133. The maximum atomic E-state index is 12.8. The fourth-order valence-electron chi connectivity index (χ4n) is 4.81. The second-order valence-corrected chi connectivity index (χ2v) is 9.39. The molecule has 0 bridgehead atoms. The molecule has 1 saturated carbocycles. The summed E-state index contributed by atoms with van der Waals surface area (Å²) in [4.78, 5) is 27.7. The Kier molecular flexibility index (Phi) is 9.80. The molecule has 3 aromatic rings. The molecule has 5 N–H and O–H groups in total. The van der Waals surface area contributed by atoms with Gasteiger partial charge in [0.1, 0.15) is 23.8 Å². The number of ether oxygens (including phenoxy) is 1. The van der Waals surface area contributed by atoms with Gasteiger partial charge in [0.2, 0.25) is 0 Å². The summed E-state index contributed by atoms with van der Waals surface area (Å²) in [7, 11) is 0. The molecule has 5 rings (SSSR count). The molecule has 0 spiro atoms. The van der Waals surface area contributed by atoms with Crippen molar-refractivity contribution in [1.29, 1.82) is 5.41 Å². The van der Waals surface area contributed by atoms with Crippen molar-refractivity contribution >= 4 is 29.1 Å². The lowest BCUT2D eigenvalue weighted by Gasteiger charge is -2.32. The number of nitrogens with one attached hydrogen (secondary N) is 3. The number of nitrogens with zero attached hydrogens (tertiary/aromatic N) is 4. The maximum Gasteiger partial charge on any atom is 0.251 e. The molecule has 10 nitrogen and oxygen atoms in total. The Bertz CT molecular complexity index is 1230. The summed E-state index contributed by atoms with van der Waals surface area (Å²) in [5.41, 5.74) is 8.57. The van der Waals surface area contributed by atoms with Gasteiger partial charge in [-0.15, -0.1) is 0 Å². The van der Waals surface area contributed by atoms with Crippen molar-refractivity contribution in [2.24, 2.45) is 0 Å². The number of carbonyl (C=O) groups is 1. The van der Waals surface area contributed by atoms with Crippen LogP contribution in [0.2, 0.25) is 0 Å². The minimum atomic E-state index is -0.560. The molecule has 1 unspecified atom stereocenters. The van der Waals surface area contributed by atoms with Crippen LogP contribution in [0.1, 0.15) is 56.2 Å². The van der Waals surface area contributed by atoms with E-state index in [0.717, 1.165) is 24.2 Å². The normalized spacial score (nSPS) is 17.2. The molecular weight excluding hydrogens is 492 g/mol. The third-order valence-electron chi connectivity index (χ3n) is 6.86. The van der Waals surface area contributed by atoms with E-state index >= 15 is 0 Å². The molecule has 39 heavy (non-hydrogen) atoms. The highest BCUT2D eigenvalue weighted by atomic mass is 16.5. The Morgan fingerprint density at radius 3 is 2.59 bits per heavy atom. The van der Waals surface area contributed by atoms with E-state index in [2.05, 4.69) is 30.5 Å². The van der Waals surface area contributed by atoms with Gasteiger partial charge in [-0.3, -0.25) is 10.2 Å². The first-order chi connectivity index (χ1) is 19.1. The fourth-order valence-corrected chi connectivity index (χ4v) is 4.81. The van der Waals surface area contributed by atoms with Crippen LogP contribution in [0.15, 0.2) is 55.0 Å². The van der Waals surface area contributed by atoms with Crippen LogP contribution in [0.25, 0.3) is 0 Å². The number of hydrogen-bond acceptors (Lipinski definition) is 9. The van der Waals surface area contributed by atoms with Crippen molar-refractivity contribution < 1.29 is 9.53 Å². The molecule has 1 aliphatic carbocycles. The number of anilines is 3. The highest BCUT2D eigenvalue weighted by Gasteiger charge is 2.27. The lowest BCUT2D eigenvalue weighted by Crippen LogP contribution is -2.50. The zero-order valence-corrected chi connectivity index (χ0v) is 22.7. The van der Waals surface area contributed by atoms with Gasteiger partial charge in [-0.2, -0.15) is 0 Å². The molecule has 1 saturated heterocycles. The number of rotatable bonds is 8. The van der Waals surface area contributed by atoms with Crippen molar-refractivity contribution in [2.75, 3.05) is 35.6 Å². The van der Waals surface area contributed by atoms with Gasteiger partial charge in [0, 0.05) is 30.9 Å². The standard InChI is InChI=1S/C27H32N8O2.C2H6/c28-24(23-25(29)32-17-33-26(23)34-20-5-1-2-6-20)19-10-8-18(9-11-19)15-31-27(36)21-16-35(13-14-37-21)22-7-3-4-12-30-22;1-2/h3-4,7-12,17,20-21,28H,1-2,5-6,13-16H2,(H,31,36)(H3,29,32,33,34);1-2H3. The second-order valence-electron chi connectivity index (χ2n) is 9.39. The molecule has 1 atom stereocenters. The molecule has 3 heterocycles. The first-order valence-electron chi connectivity index (χ1n) is 13.7. The zero-order chi connectivity index (χ0) is 27.6. The second kappa shape index (κ2) is 13.7. The van der Waals surface area contributed by atoms with Crippen molar-refractivity contribution in [3.05, 3.63) is 71.7 Å². The summed E-state index contributed by atoms with van der Waals surface area (Å²) in [6.07, 6.45) is 7.18. The smallest absolute Gasteiger partial charge is 0.251 e. The largest absolute Gasteiger partial charge is 0.383 e. The minimum Gasteiger partial charge on any atom is -0.383 e. The van der Waals surface area contributed by atoms with E-state index in [0.29, 0.717) is 49.2 Å².